The monoisotopic (exact) mass is 286 g/mol. The Hall–Kier alpha value is -1.30. The Kier molecular flexibility index (Phi) is 8.22. The Morgan fingerprint density at radius 3 is 2.20 bits per heavy atom. The average molecular weight is 286 g/mol. The molecule has 0 rings (SSSR count). The van der Waals surface area contributed by atoms with Crippen LogP contribution in [0.15, 0.2) is 0 Å². The molecule has 0 radical (unpaired) electrons. The molecule has 0 aromatic heterocycles. The van der Waals surface area contributed by atoms with Crippen LogP contribution in [0.4, 0.5) is 4.79 Å². The van der Waals surface area contributed by atoms with Crippen molar-refractivity contribution in [2.75, 3.05) is 33.2 Å². The normalized spacial score (nSPS) is 11.5. The molecular formula is C14H30N4O2. The van der Waals surface area contributed by atoms with E-state index in [0.29, 0.717) is 32.5 Å². The molecule has 0 fully saturated rings. The second-order valence-electron chi connectivity index (χ2n) is 5.97. The van der Waals surface area contributed by atoms with Crippen LogP contribution in [0.2, 0.25) is 0 Å². The van der Waals surface area contributed by atoms with Gasteiger partial charge in [-0.1, -0.05) is 6.92 Å². The fraction of sp³-hybridized carbons (Fsp3) is 0.857. The third-order valence-corrected chi connectivity index (χ3v) is 3.41. The van der Waals surface area contributed by atoms with Gasteiger partial charge in [-0.05, 0) is 34.2 Å². The molecule has 0 aliphatic heterocycles. The van der Waals surface area contributed by atoms with E-state index in [9.17, 15) is 9.59 Å². The Morgan fingerprint density at radius 1 is 1.15 bits per heavy atom. The van der Waals surface area contributed by atoms with Gasteiger partial charge in [0.05, 0.1) is 0 Å². The van der Waals surface area contributed by atoms with Crippen molar-refractivity contribution in [2.24, 2.45) is 5.73 Å². The number of nitrogens with one attached hydrogen (secondary N) is 1. The molecule has 0 aromatic carbocycles. The number of urea groups is 1. The lowest BCUT2D eigenvalue weighted by molar-refractivity contribution is -0.131. The molecule has 6 nitrogen and oxygen atoms in total. The summed E-state index contributed by atoms with van der Waals surface area (Å²) in [5.41, 5.74) is 5.10. The van der Waals surface area contributed by atoms with Crippen LogP contribution in [-0.4, -0.2) is 60.5 Å². The van der Waals surface area contributed by atoms with Gasteiger partial charge in [0.2, 0.25) is 5.91 Å². The summed E-state index contributed by atoms with van der Waals surface area (Å²) in [5, 5.41) is 2.54. The highest BCUT2D eigenvalue weighted by molar-refractivity contribution is 5.75. The first-order chi connectivity index (χ1) is 9.18. The maximum atomic E-state index is 11.9. The average Bonchev–Trinajstić information content (AvgIpc) is 2.35. The molecule has 0 unspecified atom stereocenters. The first kappa shape index (κ1) is 18.7. The maximum absolute atomic E-state index is 11.9. The van der Waals surface area contributed by atoms with Gasteiger partial charge in [0.15, 0.2) is 0 Å². The van der Waals surface area contributed by atoms with E-state index in [2.05, 4.69) is 38.0 Å². The van der Waals surface area contributed by atoms with Crippen molar-refractivity contribution in [2.45, 2.75) is 46.1 Å². The minimum Gasteiger partial charge on any atom is -0.352 e. The number of nitrogens with zero attached hydrogens (tertiary/aromatic N) is 2. The molecule has 0 aromatic rings. The first-order valence-electron chi connectivity index (χ1n) is 7.20. The van der Waals surface area contributed by atoms with Gasteiger partial charge in [-0.25, -0.2) is 4.79 Å². The molecular weight excluding hydrogens is 256 g/mol. The van der Waals surface area contributed by atoms with E-state index in [4.69, 9.17) is 5.73 Å². The number of nitrogens with two attached hydrogens (primary N) is 1. The van der Waals surface area contributed by atoms with Crippen LogP contribution in [0, 0.1) is 0 Å². The summed E-state index contributed by atoms with van der Waals surface area (Å²) in [6, 6.07) is -0.522. The van der Waals surface area contributed by atoms with Crippen LogP contribution >= 0.6 is 0 Å². The molecule has 0 saturated heterocycles. The molecule has 3 N–H and O–H groups in total. The second-order valence-corrected chi connectivity index (χ2v) is 5.97. The Morgan fingerprint density at radius 2 is 1.75 bits per heavy atom. The van der Waals surface area contributed by atoms with Crippen molar-refractivity contribution >= 4 is 11.9 Å². The number of carbonyl (C=O) groups excluding carboxylic acids is 2. The molecule has 0 heterocycles. The van der Waals surface area contributed by atoms with Gasteiger partial charge in [0, 0.05) is 38.1 Å². The number of hydrogen-bond donors (Lipinski definition) is 2. The van der Waals surface area contributed by atoms with Crippen molar-refractivity contribution in [1.29, 1.82) is 0 Å². The summed E-state index contributed by atoms with van der Waals surface area (Å²) in [5.74, 6) is 0.145. The van der Waals surface area contributed by atoms with E-state index in [-0.39, 0.29) is 11.4 Å². The van der Waals surface area contributed by atoms with Gasteiger partial charge >= 0.3 is 6.03 Å². The molecule has 0 atom stereocenters. The topological polar surface area (TPSA) is 78.7 Å². The highest BCUT2D eigenvalue weighted by Crippen LogP contribution is 2.10. The van der Waals surface area contributed by atoms with Crippen molar-refractivity contribution in [3.8, 4) is 0 Å². The van der Waals surface area contributed by atoms with E-state index in [0.717, 1.165) is 6.54 Å². The fourth-order valence-corrected chi connectivity index (χ4v) is 1.67. The smallest absolute Gasteiger partial charge is 0.312 e. The summed E-state index contributed by atoms with van der Waals surface area (Å²) < 4.78 is 0. The summed E-state index contributed by atoms with van der Waals surface area (Å²) in [7, 11) is 2.06. The number of likely N-dealkylation sites (N-methyl/N-ethyl adjacent to an activating group) is 1. The predicted molar refractivity (Wildman–Crippen MR) is 81.5 cm³/mol. The summed E-state index contributed by atoms with van der Waals surface area (Å²) in [4.78, 5) is 26.6. The molecule has 0 bridgehead atoms. The van der Waals surface area contributed by atoms with Crippen LogP contribution in [-0.2, 0) is 4.79 Å². The second kappa shape index (κ2) is 8.79. The van der Waals surface area contributed by atoms with Crippen LogP contribution in [0.1, 0.15) is 40.5 Å². The lowest BCUT2D eigenvalue weighted by Crippen LogP contribution is -2.44. The molecule has 0 spiro atoms. The minimum atomic E-state index is -0.522. The zero-order valence-electron chi connectivity index (χ0n) is 13.5. The lowest BCUT2D eigenvalue weighted by atomic mass is 10.1. The zero-order chi connectivity index (χ0) is 15.8. The molecule has 0 aliphatic rings. The van der Waals surface area contributed by atoms with Gasteiger partial charge in [-0.15, -0.1) is 0 Å². The Labute approximate surface area is 122 Å². The zero-order valence-corrected chi connectivity index (χ0v) is 13.5. The lowest BCUT2D eigenvalue weighted by Gasteiger charge is -2.34. The SMILES string of the molecule is CCC(=O)N(CCCNC(N)=O)CCN(C)C(C)(C)C. The quantitative estimate of drug-likeness (QED) is 0.654. The van der Waals surface area contributed by atoms with Crippen LogP contribution in [0.5, 0.6) is 0 Å². The molecule has 118 valence electrons. The number of hydrogen-bond acceptors (Lipinski definition) is 3. The van der Waals surface area contributed by atoms with Crippen molar-refractivity contribution < 1.29 is 9.59 Å². The number of amides is 3. The van der Waals surface area contributed by atoms with E-state index < -0.39 is 6.03 Å². The third kappa shape index (κ3) is 7.99. The standard InChI is InChI=1S/C14H30N4O2/c1-6-12(19)18(9-7-8-16-13(15)20)11-10-17(5)14(2,3)4/h6-11H2,1-5H3,(H3,15,16,20). The summed E-state index contributed by atoms with van der Waals surface area (Å²) in [6.45, 7) is 11.0. The van der Waals surface area contributed by atoms with Gasteiger partial charge in [-0.2, -0.15) is 0 Å². The fourth-order valence-electron chi connectivity index (χ4n) is 1.67. The molecule has 3 amide bonds. The van der Waals surface area contributed by atoms with Crippen LogP contribution in [0.25, 0.3) is 0 Å². The van der Waals surface area contributed by atoms with Gasteiger partial charge in [0.1, 0.15) is 0 Å². The molecule has 0 aliphatic carbocycles. The predicted octanol–water partition coefficient (Wildman–Crippen LogP) is 1.01. The third-order valence-electron chi connectivity index (χ3n) is 3.41. The number of rotatable bonds is 8. The van der Waals surface area contributed by atoms with Gasteiger partial charge < -0.3 is 16.0 Å². The van der Waals surface area contributed by atoms with Crippen molar-refractivity contribution in [3.63, 3.8) is 0 Å². The van der Waals surface area contributed by atoms with Crippen molar-refractivity contribution in [3.05, 3.63) is 0 Å². The molecule has 6 heteroatoms. The number of carbonyl (C=O) groups is 2. The minimum absolute atomic E-state index is 0.0917. The van der Waals surface area contributed by atoms with Crippen LogP contribution in [0.3, 0.4) is 0 Å². The summed E-state index contributed by atoms with van der Waals surface area (Å²) in [6.07, 6.45) is 1.22. The molecule has 0 saturated carbocycles. The van der Waals surface area contributed by atoms with Crippen LogP contribution < -0.4 is 11.1 Å². The highest BCUT2D eigenvalue weighted by Gasteiger charge is 2.18. The van der Waals surface area contributed by atoms with E-state index in [1.54, 1.807) is 0 Å². The summed E-state index contributed by atoms with van der Waals surface area (Å²) >= 11 is 0. The van der Waals surface area contributed by atoms with Gasteiger partial charge in [-0.3, -0.25) is 9.69 Å². The highest BCUT2D eigenvalue weighted by atomic mass is 16.2. The molecule has 20 heavy (non-hydrogen) atoms. The Balaban J connectivity index is 4.22. The maximum Gasteiger partial charge on any atom is 0.312 e. The van der Waals surface area contributed by atoms with E-state index >= 15 is 0 Å². The Bertz CT molecular complexity index is 313. The van der Waals surface area contributed by atoms with Gasteiger partial charge in [0.25, 0.3) is 0 Å². The largest absolute Gasteiger partial charge is 0.352 e. The van der Waals surface area contributed by atoms with E-state index in [1.165, 1.54) is 0 Å². The number of primary amides is 1. The van der Waals surface area contributed by atoms with Crippen molar-refractivity contribution in [1.82, 2.24) is 15.1 Å². The first-order valence-corrected chi connectivity index (χ1v) is 7.20. The van der Waals surface area contributed by atoms with E-state index in [1.807, 2.05) is 11.8 Å².